The Morgan fingerprint density at radius 2 is 1.83 bits per heavy atom. The van der Waals surface area contributed by atoms with Crippen molar-refractivity contribution in [3.8, 4) is 0 Å². The SMILES string of the molecule is CC(C)n1cccc1C(=O)N1CC(c2ccccc2)C(C)(C)C1. The molecule has 2 aromatic rings. The summed E-state index contributed by atoms with van der Waals surface area (Å²) in [4.78, 5) is 15.0. The molecule has 1 fully saturated rings. The van der Waals surface area contributed by atoms with Gasteiger partial charge >= 0.3 is 0 Å². The molecule has 3 nitrogen and oxygen atoms in total. The first kappa shape index (κ1) is 15.9. The number of nitrogens with zero attached hydrogens (tertiary/aromatic N) is 2. The predicted molar refractivity (Wildman–Crippen MR) is 93.7 cm³/mol. The summed E-state index contributed by atoms with van der Waals surface area (Å²) in [5.41, 5.74) is 2.21. The molecule has 1 amide bonds. The van der Waals surface area contributed by atoms with Crippen LogP contribution in [0.25, 0.3) is 0 Å². The lowest BCUT2D eigenvalue weighted by Gasteiger charge is -2.25. The van der Waals surface area contributed by atoms with Gasteiger partial charge in [0.05, 0.1) is 0 Å². The molecule has 23 heavy (non-hydrogen) atoms. The molecule has 0 bridgehead atoms. The molecule has 122 valence electrons. The van der Waals surface area contributed by atoms with E-state index >= 15 is 0 Å². The fraction of sp³-hybridized carbons (Fsp3) is 0.450. The minimum Gasteiger partial charge on any atom is -0.341 e. The number of hydrogen-bond donors (Lipinski definition) is 0. The van der Waals surface area contributed by atoms with Crippen molar-refractivity contribution >= 4 is 5.91 Å². The van der Waals surface area contributed by atoms with Crippen molar-refractivity contribution in [3.63, 3.8) is 0 Å². The second-order valence-corrected chi connectivity index (χ2v) is 7.53. The molecular weight excluding hydrogens is 284 g/mol. The van der Waals surface area contributed by atoms with Gasteiger partial charge in [0, 0.05) is 31.2 Å². The molecule has 0 saturated carbocycles. The van der Waals surface area contributed by atoms with Crippen LogP contribution < -0.4 is 0 Å². The van der Waals surface area contributed by atoms with Crippen LogP contribution in [-0.2, 0) is 0 Å². The maximum Gasteiger partial charge on any atom is 0.270 e. The molecule has 1 saturated heterocycles. The Hall–Kier alpha value is -2.03. The summed E-state index contributed by atoms with van der Waals surface area (Å²) in [6, 6.07) is 14.8. The summed E-state index contributed by atoms with van der Waals surface area (Å²) in [5, 5.41) is 0. The fourth-order valence-electron chi connectivity index (χ4n) is 3.72. The van der Waals surface area contributed by atoms with Crippen LogP contribution in [0.15, 0.2) is 48.7 Å². The van der Waals surface area contributed by atoms with E-state index in [1.165, 1.54) is 5.56 Å². The molecule has 1 aliphatic rings. The van der Waals surface area contributed by atoms with Crippen molar-refractivity contribution in [3.05, 3.63) is 59.9 Å². The molecule has 3 rings (SSSR count). The van der Waals surface area contributed by atoms with E-state index in [4.69, 9.17) is 0 Å². The molecular formula is C20H26N2O. The highest BCUT2D eigenvalue weighted by Crippen LogP contribution is 2.42. The maximum absolute atomic E-state index is 13.0. The van der Waals surface area contributed by atoms with Crippen LogP contribution in [0.2, 0.25) is 0 Å². The van der Waals surface area contributed by atoms with Gasteiger partial charge in [0.2, 0.25) is 0 Å². The number of benzene rings is 1. The average Bonchev–Trinajstić information content (AvgIpc) is 3.11. The van der Waals surface area contributed by atoms with E-state index in [0.29, 0.717) is 12.0 Å². The first-order valence-electron chi connectivity index (χ1n) is 8.41. The third kappa shape index (κ3) is 2.92. The van der Waals surface area contributed by atoms with Gasteiger partial charge in [0.15, 0.2) is 0 Å². The summed E-state index contributed by atoms with van der Waals surface area (Å²) in [6.07, 6.45) is 1.99. The van der Waals surface area contributed by atoms with E-state index in [-0.39, 0.29) is 11.3 Å². The molecule has 0 N–H and O–H groups in total. The quantitative estimate of drug-likeness (QED) is 0.828. The number of aromatic nitrogens is 1. The van der Waals surface area contributed by atoms with Gasteiger partial charge < -0.3 is 9.47 Å². The predicted octanol–water partition coefficient (Wildman–Crippen LogP) is 4.33. The van der Waals surface area contributed by atoms with E-state index in [1.54, 1.807) is 0 Å². The molecule has 1 aromatic heterocycles. The van der Waals surface area contributed by atoms with E-state index in [9.17, 15) is 4.79 Å². The first-order chi connectivity index (χ1) is 10.9. The van der Waals surface area contributed by atoms with Crippen molar-refractivity contribution in [1.29, 1.82) is 0 Å². The highest BCUT2D eigenvalue weighted by molar-refractivity contribution is 5.93. The van der Waals surface area contributed by atoms with Crippen LogP contribution in [0.5, 0.6) is 0 Å². The zero-order chi connectivity index (χ0) is 16.6. The smallest absolute Gasteiger partial charge is 0.270 e. The van der Waals surface area contributed by atoms with Crippen LogP contribution in [0.1, 0.15) is 55.7 Å². The fourth-order valence-corrected chi connectivity index (χ4v) is 3.72. The first-order valence-corrected chi connectivity index (χ1v) is 8.41. The standard InChI is InChI=1S/C20H26N2O/c1-15(2)22-12-8-11-18(22)19(23)21-13-17(20(3,4)14-21)16-9-6-5-7-10-16/h5-12,15,17H,13-14H2,1-4H3. The van der Waals surface area contributed by atoms with Crippen molar-refractivity contribution in [2.24, 2.45) is 5.41 Å². The lowest BCUT2D eigenvalue weighted by atomic mass is 9.78. The summed E-state index contributed by atoms with van der Waals surface area (Å²) in [7, 11) is 0. The third-order valence-corrected chi connectivity index (χ3v) is 4.99. The topological polar surface area (TPSA) is 25.2 Å². The molecule has 0 aliphatic carbocycles. The summed E-state index contributed by atoms with van der Waals surface area (Å²) in [6.45, 7) is 10.3. The lowest BCUT2D eigenvalue weighted by molar-refractivity contribution is 0.0765. The Kier molecular flexibility index (Phi) is 4.05. The second kappa shape index (κ2) is 5.88. The summed E-state index contributed by atoms with van der Waals surface area (Å²) < 4.78 is 2.06. The van der Waals surface area contributed by atoms with Crippen molar-refractivity contribution in [1.82, 2.24) is 9.47 Å². The monoisotopic (exact) mass is 310 g/mol. The lowest BCUT2D eigenvalue weighted by Crippen LogP contribution is -2.32. The van der Waals surface area contributed by atoms with Gasteiger partial charge in [0.1, 0.15) is 5.69 Å². The summed E-state index contributed by atoms with van der Waals surface area (Å²) >= 11 is 0. The molecule has 0 radical (unpaired) electrons. The van der Waals surface area contributed by atoms with E-state index in [0.717, 1.165) is 18.8 Å². The molecule has 1 aromatic carbocycles. The third-order valence-electron chi connectivity index (χ3n) is 4.99. The van der Waals surface area contributed by atoms with Crippen LogP contribution in [0.3, 0.4) is 0 Å². The molecule has 1 aliphatic heterocycles. The Labute approximate surface area is 138 Å². The largest absolute Gasteiger partial charge is 0.341 e. The molecule has 1 atom stereocenters. The van der Waals surface area contributed by atoms with Gasteiger partial charge in [-0.2, -0.15) is 0 Å². The van der Waals surface area contributed by atoms with Gasteiger partial charge in [-0.25, -0.2) is 0 Å². The molecule has 1 unspecified atom stereocenters. The van der Waals surface area contributed by atoms with Crippen LogP contribution in [0, 0.1) is 5.41 Å². The number of hydrogen-bond acceptors (Lipinski definition) is 1. The minimum atomic E-state index is 0.0896. The Morgan fingerprint density at radius 1 is 1.13 bits per heavy atom. The number of amides is 1. The van der Waals surface area contributed by atoms with Gasteiger partial charge in [-0.05, 0) is 37.0 Å². The van der Waals surface area contributed by atoms with Gasteiger partial charge in [-0.3, -0.25) is 4.79 Å². The van der Waals surface area contributed by atoms with Crippen LogP contribution in [0.4, 0.5) is 0 Å². The highest BCUT2D eigenvalue weighted by atomic mass is 16.2. The van der Waals surface area contributed by atoms with Crippen molar-refractivity contribution < 1.29 is 4.79 Å². The van der Waals surface area contributed by atoms with E-state index in [2.05, 4.69) is 56.5 Å². The zero-order valence-electron chi connectivity index (χ0n) is 14.5. The van der Waals surface area contributed by atoms with E-state index in [1.807, 2.05) is 29.3 Å². The second-order valence-electron chi connectivity index (χ2n) is 7.53. The normalized spacial score (nSPS) is 20.2. The maximum atomic E-state index is 13.0. The number of rotatable bonds is 3. The van der Waals surface area contributed by atoms with Crippen molar-refractivity contribution in [2.45, 2.75) is 39.7 Å². The average molecular weight is 310 g/mol. The van der Waals surface area contributed by atoms with Crippen LogP contribution in [-0.4, -0.2) is 28.5 Å². The summed E-state index contributed by atoms with van der Waals surface area (Å²) in [5.74, 6) is 0.533. The van der Waals surface area contributed by atoms with Gasteiger partial charge in [-0.15, -0.1) is 0 Å². The highest BCUT2D eigenvalue weighted by Gasteiger charge is 2.42. The van der Waals surface area contributed by atoms with Gasteiger partial charge in [-0.1, -0.05) is 44.2 Å². The number of carbonyl (C=O) groups is 1. The van der Waals surface area contributed by atoms with E-state index < -0.39 is 0 Å². The molecule has 0 spiro atoms. The minimum absolute atomic E-state index is 0.0896. The van der Waals surface area contributed by atoms with Gasteiger partial charge in [0.25, 0.3) is 5.91 Å². The van der Waals surface area contributed by atoms with Crippen LogP contribution >= 0.6 is 0 Å². The van der Waals surface area contributed by atoms with Crippen molar-refractivity contribution in [2.75, 3.05) is 13.1 Å². The Bertz CT molecular complexity index is 685. The number of carbonyl (C=O) groups excluding carboxylic acids is 1. The Balaban J connectivity index is 1.85. The number of likely N-dealkylation sites (tertiary alicyclic amines) is 1. The Morgan fingerprint density at radius 3 is 2.48 bits per heavy atom. The molecule has 3 heteroatoms. The molecule has 2 heterocycles. The zero-order valence-corrected chi connectivity index (χ0v) is 14.5.